The number of anilines is 3. The second-order valence-corrected chi connectivity index (χ2v) is 12.0. The van der Waals surface area contributed by atoms with E-state index in [1.807, 2.05) is 36.4 Å². The van der Waals surface area contributed by atoms with Crippen molar-refractivity contribution in [3.63, 3.8) is 0 Å². The van der Waals surface area contributed by atoms with Gasteiger partial charge >= 0.3 is 0 Å². The highest BCUT2D eigenvalue weighted by Crippen LogP contribution is 2.42. The van der Waals surface area contributed by atoms with Crippen molar-refractivity contribution in [3.05, 3.63) is 188 Å². The van der Waals surface area contributed by atoms with Gasteiger partial charge in [-0.05, 0) is 60.7 Å². The lowest BCUT2D eigenvalue weighted by molar-refractivity contribution is 1.07. The number of hydrogen-bond acceptors (Lipinski definition) is 3. The van der Waals surface area contributed by atoms with Gasteiger partial charge in [-0.2, -0.15) is 0 Å². The van der Waals surface area contributed by atoms with Crippen LogP contribution in [0.5, 0.6) is 0 Å². The Balaban J connectivity index is 1.22. The van der Waals surface area contributed by atoms with Gasteiger partial charge in [0.2, 0.25) is 0 Å². The first-order valence-corrected chi connectivity index (χ1v) is 16.4. The van der Waals surface area contributed by atoms with Gasteiger partial charge in [-0.15, -0.1) is 10.2 Å². The molecule has 0 saturated carbocycles. The third kappa shape index (κ3) is 4.96. The van der Waals surface area contributed by atoms with E-state index in [1.54, 1.807) is 0 Å². The molecule has 9 aromatic rings. The van der Waals surface area contributed by atoms with Crippen molar-refractivity contribution in [2.75, 3.05) is 4.90 Å². The molecule has 2 heterocycles. The summed E-state index contributed by atoms with van der Waals surface area (Å²) in [4.78, 5) is 2.34. The Hall–Kier alpha value is -6.72. The van der Waals surface area contributed by atoms with Crippen molar-refractivity contribution in [1.82, 2.24) is 19.3 Å². The van der Waals surface area contributed by atoms with Gasteiger partial charge in [-0.25, -0.2) is 0 Å². The van der Waals surface area contributed by atoms with Gasteiger partial charge in [-0.1, -0.05) is 127 Å². The van der Waals surface area contributed by atoms with Crippen LogP contribution >= 0.6 is 0 Å². The molecule has 5 nitrogen and oxygen atoms in total. The maximum absolute atomic E-state index is 4.68. The summed E-state index contributed by atoms with van der Waals surface area (Å²) in [6, 6.07) is 65.7. The minimum atomic E-state index is 0.795. The molecule has 0 aliphatic carbocycles. The summed E-state index contributed by atoms with van der Waals surface area (Å²) in [6.45, 7) is 0. The molecule has 7 aromatic carbocycles. The Morgan fingerprint density at radius 1 is 0.367 bits per heavy atom. The van der Waals surface area contributed by atoms with Crippen molar-refractivity contribution < 1.29 is 0 Å². The van der Waals surface area contributed by atoms with E-state index in [4.69, 9.17) is 0 Å². The molecule has 9 rings (SSSR count). The van der Waals surface area contributed by atoms with Crippen molar-refractivity contribution in [3.8, 4) is 34.2 Å². The summed E-state index contributed by atoms with van der Waals surface area (Å²) in [5, 5.41) is 11.8. The molecule has 0 aliphatic heterocycles. The average molecular weight is 630 g/mol. The van der Waals surface area contributed by atoms with Crippen molar-refractivity contribution in [2.24, 2.45) is 0 Å². The van der Waals surface area contributed by atoms with Gasteiger partial charge in [0.15, 0.2) is 11.6 Å². The highest BCUT2D eigenvalue weighted by molar-refractivity contribution is 6.09. The maximum atomic E-state index is 4.68. The van der Waals surface area contributed by atoms with Crippen LogP contribution in [0.3, 0.4) is 0 Å². The van der Waals surface area contributed by atoms with Gasteiger partial charge in [-0.3, -0.25) is 4.57 Å². The van der Waals surface area contributed by atoms with Gasteiger partial charge in [0.1, 0.15) is 0 Å². The monoisotopic (exact) mass is 629 g/mol. The number of rotatable bonds is 7. The second kappa shape index (κ2) is 12.1. The molecule has 5 heteroatoms. The number of hydrogen-bond donors (Lipinski definition) is 0. The summed E-state index contributed by atoms with van der Waals surface area (Å²) in [5.41, 5.74) is 9.63. The smallest absolute Gasteiger partial charge is 0.168 e. The largest absolute Gasteiger partial charge is 0.308 e. The van der Waals surface area contributed by atoms with Crippen LogP contribution in [-0.4, -0.2) is 19.3 Å². The first kappa shape index (κ1) is 28.5. The Morgan fingerprint density at radius 2 is 0.816 bits per heavy atom. The molecule has 49 heavy (non-hydrogen) atoms. The van der Waals surface area contributed by atoms with Gasteiger partial charge in [0.05, 0.1) is 22.4 Å². The lowest BCUT2D eigenvalue weighted by Gasteiger charge is -2.28. The van der Waals surface area contributed by atoms with Gasteiger partial charge < -0.3 is 9.47 Å². The molecule has 0 spiro atoms. The summed E-state index contributed by atoms with van der Waals surface area (Å²) < 4.78 is 4.53. The van der Waals surface area contributed by atoms with E-state index in [9.17, 15) is 0 Å². The number of benzene rings is 7. The van der Waals surface area contributed by atoms with E-state index >= 15 is 0 Å². The molecule has 2 aromatic heterocycles. The van der Waals surface area contributed by atoms with Crippen molar-refractivity contribution in [2.45, 2.75) is 0 Å². The molecule has 0 atom stereocenters. The lowest BCUT2D eigenvalue weighted by Crippen LogP contribution is -2.13. The molecule has 0 saturated heterocycles. The quantitative estimate of drug-likeness (QED) is 0.176. The Kier molecular flexibility index (Phi) is 7.06. The summed E-state index contributed by atoms with van der Waals surface area (Å²) in [7, 11) is 0. The summed E-state index contributed by atoms with van der Waals surface area (Å²) in [5.74, 6) is 1.59. The molecule has 0 N–H and O–H groups in total. The third-order valence-electron chi connectivity index (χ3n) is 9.05. The topological polar surface area (TPSA) is 38.9 Å². The first-order valence-electron chi connectivity index (χ1n) is 16.4. The van der Waals surface area contributed by atoms with E-state index in [0.717, 1.165) is 51.2 Å². The van der Waals surface area contributed by atoms with E-state index in [1.165, 1.54) is 21.8 Å². The van der Waals surface area contributed by atoms with E-state index in [0.29, 0.717) is 0 Å². The Labute approximate surface area is 284 Å². The second-order valence-electron chi connectivity index (χ2n) is 12.0. The number of aromatic nitrogens is 4. The lowest BCUT2D eigenvalue weighted by atomic mass is 10.1. The normalized spacial score (nSPS) is 11.3. The fourth-order valence-electron chi connectivity index (χ4n) is 6.86. The number of para-hydroxylation sites is 5. The van der Waals surface area contributed by atoms with Gasteiger partial charge in [0, 0.05) is 39.0 Å². The van der Waals surface area contributed by atoms with Crippen LogP contribution in [0.25, 0.3) is 56.0 Å². The summed E-state index contributed by atoms with van der Waals surface area (Å²) in [6.07, 6.45) is 0. The molecule has 0 aliphatic rings. The van der Waals surface area contributed by atoms with Gasteiger partial charge in [0.25, 0.3) is 0 Å². The minimum Gasteiger partial charge on any atom is -0.308 e. The van der Waals surface area contributed by atoms with E-state index in [2.05, 4.69) is 176 Å². The summed E-state index contributed by atoms with van der Waals surface area (Å²) >= 11 is 0. The first-order chi connectivity index (χ1) is 24.3. The fraction of sp³-hybridized carbons (Fsp3) is 0. The maximum Gasteiger partial charge on any atom is 0.168 e. The molecular formula is C44H31N5. The zero-order valence-electron chi connectivity index (χ0n) is 26.6. The van der Waals surface area contributed by atoms with E-state index < -0.39 is 0 Å². The SMILES string of the molecule is c1ccc(-c2nnc(-c3ccccc3)n2-c2ccc(N(c3ccccc3)c3ccccc3-n3c4ccccc4c4ccccc43)cc2)cc1. The number of fused-ring (bicyclic) bond motifs is 3. The number of nitrogens with zero attached hydrogens (tertiary/aromatic N) is 5. The fourth-order valence-corrected chi connectivity index (χ4v) is 6.86. The average Bonchev–Trinajstić information content (AvgIpc) is 3.77. The zero-order valence-corrected chi connectivity index (χ0v) is 26.6. The Morgan fingerprint density at radius 3 is 1.39 bits per heavy atom. The standard InChI is InChI=1S/C44H31N5/c1-4-16-32(17-5-1)43-45-46-44(33-18-6-2-7-19-33)48(43)36-30-28-35(29-31-36)47(34-20-8-3-9-21-34)41-26-14-15-27-42(41)49-39-24-12-10-22-37(39)38-23-11-13-25-40(38)49/h1-31H. The predicted molar refractivity (Wildman–Crippen MR) is 201 cm³/mol. The molecule has 232 valence electrons. The van der Waals surface area contributed by atoms with Crippen LogP contribution in [0.4, 0.5) is 17.1 Å². The molecule has 0 radical (unpaired) electrons. The van der Waals surface area contributed by atoms with E-state index in [-0.39, 0.29) is 0 Å². The predicted octanol–water partition coefficient (Wildman–Crippen LogP) is 11.2. The molecule has 0 amide bonds. The minimum absolute atomic E-state index is 0.795. The van der Waals surface area contributed by atoms with Crippen molar-refractivity contribution in [1.29, 1.82) is 0 Å². The van der Waals surface area contributed by atoms with Crippen LogP contribution in [-0.2, 0) is 0 Å². The Bertz CT molecular complexity index is 2420. The van der Waals surface area contributed by atoms with Crippen LogP contribution in [0.2, 0.25) is 0 Å². The molecule has 0 fully saturated rings. The molecular weight excluding hydrogens is 599 g/mol. The third-order valence-corrected chi connectivity index (χ3v) is 9.05. The van der Waals surface area contributed by atoms with Crippen LogP contribution in [0.1, 0.15) is 0 Å². The highest BCUT2D eigenvalue weighted by Gasteiger charge is 2.21. The molecule has 0 bridgehead atoms. The van der Waals surface area contributed by atoms with Crippen LogP contribution in [0, 0.1) is 0 Å². The van der Waals surface area contributed by atoms with Crippen LogP contribution in [0.15, 0.2) is 188 Å². The zero-order chi connectivity index (χ0) is 32.6. The van der Waals surface area contributed by atoms with Crippen molar-refractivity contribution >= 4 is 38.9 Å². The molecule has 0 unspecified atom stereocenters. The van der Waals surface area contributed by atoms with Crippen LogP contribution < -0.4 is 4.90 Å². The highest BCUT2D eigenvalue weighted by atomic mass is 15.3.